The van der Waals surface area contributed by atoms with E-state index in [4.69, 9.17) is 16.6 Å². The van der Waals surface area contributed by atoms with Gasteiger partial charge in [0.15, 0.2) is 0 Å². The van der Waals surface area contributed by atoms with Crippen LogP contribution in [0.15, 0.2) is 75.7 Å². The van der Waals surface area contributed by atoms with Gasteiger partial charge in [-0.3, -0.25) is 0 Å². The van der Waals surface area contributed by atoms with Crippen LogP contribution in [-0.2, 0) is 5.66 Å². The van der Waals surface area contributed by atoms with Gasteiger partial charge in [0.05, 0.1) is 11.4 Å². The van der Waals surface area contributed by atoms with Gasteiger partial charge >= 0.3 is 0 Å². The van der Waals surface area contributed by atoms with Gasteiger partial charge in [0.2, 0.25) is 0 Å². The average Bonchev–Trinajstić information content (AvgIpc) is 3.12. The summed E-state index contributed by atoms with van der Waals surface area (Å²) in [6, 6.07) is 22.6. The van der Waals surface area contributed by atoms with E-state index in [-0.39, 0.29) is 5.66 Å². The minimum atomic E-state index is -0.376. The molecule has 3 aromatic carbocycles. The predicted octanol–water partition coefficient (Wildman–Crippen LogP) is 8.18. The van der Waals surface area contributed by atoms with Crippen molar-refractivity contribution in [2.24, 2.45) is 0 Å². The molecule has 4 aromatic rings. The summed E-state index contributed by atoms with van der Waals surface area (Å²) in [6.07, 6.45) is 0. The topological polar surface area (TPSA) is 29.9 Å². The summed E-state index contributed by atoms with van der Waals surface area (Å²) in [4.78, 5) is 5.16. The fourth-order valence-electron chi connectivity index (χ4n) is 4.02. The van der Waals surface area contributed by atoms with Crippen LogP contribution in [0.25, 0.3) is 33.9 Å². The third-order valence-electron chi connectivity index (χ3n) is 5.33. The summed E-state index contributed by atoms with van der Waals surface area (Å²) in [5, 5.41) is 4.36. The van der Waals surface area contributed by atoms with Gasteiger partial charge in [0.25, 0.3) is 0 Å². The van der Waals surface area contributed by atoms with Crippen LogP contribution in [0, 0.1) is 0 Å². The van der Waals surface area contributed by atoms with Gasteiger partial charge in [-0.1, -0.05) is 67.7 Å². The van der Waals surface area contributed by atoms with E-state index in [9.17, 15) is 0 Å². The molecule has 6 heteroatoms. The van der Waals surface area contributed by atoms with Crippen molar-refractivity contribution in [3.8, 4) is 33.9 Å². The van der Waals surface area contributed by atoms with E-state index in [1.165, 1.54) is 0 Å². The van der Waals surface area contributed by atoms with Gasteiger partial charge in [-0.25, -0.2) is 4.98 Å². The van der Waals surface area contributed by atoms with Gasteiger partial charge in [0.1, 0.15) is 11.5 Å². The Morgan fingerprint density at radius 3 is 2.10 bits per heavy atom. The lowest BCUT2D eigenvalue weighted by molar-refractivity contribution is 0.415. The van der Waals surface area contributed by atoms with Crippen molar-refractivity contribution in [1.29, 1.82) is 0 Å². The summed E-state index contributed by atoms with van der Waals surface area (Å²) >= 11 is 13.4. The van der Waals surface area contributed by atoms with Crippen molar-refractivity contribution >= 4 is 49.1 Å². The molecule has 0 radical (unpaired) electrons. The molecule has 5 rings (SSSR count). The number of benzene rings is 3. The highest BCUT2D eigenvalue weighted by molar-refractivity contribution is 9.10. The Morgan fingerprint density at radius 1 is 0.867 bits per heavy atom. The molecule has 3 nitrogen and oxygen atoms in total. The predicted molar refractivity (Wildman–Crippen MR) is 132 cm³/mol. The summed E-state index contributed by atoms with van der Waals surface area (Å²) < 4.78 is 4.37. The van der Waals surface area contributed by atoms with Crippen molar-refractivity contribution in [3.05, 3.63) is 80.7 Å². The number of hydrogen-bond donors (Lipinski definition) is 1. The fraction of sp³-hybridized carbons (Fsp3) is 0.125. The van der Waals surface area contributed by atoms with E-state index in [1.807, 2.05) is 30.3 Å². The van der Waals surface area contributed by atoms with E-state index in [2.05, 4.69) is 92.0 Å². The maximum atomic E-state index is 6.35. The molecule has 0 spiro atoms. The van der Waals surface area contributed by atoms with Gasteiger partial charge in [0, 0.05) is 36.3 Å². The van der Waals surface area contributed by atoms with Gasteiger partial charge in [-0.05, 0) is 56.3 Å². The summed E-state index contributed by atoms with van der Waals surface area (Å²) in [6.45, 7) is 4.34. The number of hydrogen-bond acceptors (Lipinski definition) is 2. The molecular formula is C24H18Br2ClN3. The zero-order chi connectivity index (χ0) is 21.0. The molecule has 0 unspecified atom stereocenters. The van der Waals surface area contributed by atoms with Crippen LogP contribution < -0.4 is 5.32 Å². The Bertz CT molecular complexity index is 1260. The van der Waals surface area contributed by atoms with Crippen LogP contribution >= 0.6 is 43.5 Å². The van der Waals surface area contributed by atoms with Gasteiger partial charge < -0.3 is 9.88 Å². The zero-order valence-corrected chi connectivity index (χ0v) is 20.3. The van der Waals surface area contributed by atoms with Crippen molar-refractivity contribution < 1.29 is 0 Å². The van der Waals surface area contributed by atoms with Crippen LogP contribution in [0.4, 0.5) is 5.69 Å². The number of aromatic nitrogens is 2. The van der Waals surface area contributed by atoms with E-state index in [0.717, 1.165) is 48.5 Å². The molecule has 0 amide bonds. The van der Waals surface area contributed by atoms with Crippen LogP contribution in [-0.4, -0.2) is 9.55 Å². The third-order valence-corrected chi connectivity index (χ3v) is 6.63. The minimum Gasteiger partial charge on any atom is -0.362 e. The number of nitrogens with zero attached hydrogens (tertiary/aromatic N) is 2. The largest absolute Gasteiger partial charge is 0.362 e. The van der Waals surface area contributed by atoms with Crippen molar-refractivity contribution in [2.45, 2.75) is 19.5 Å². The highest BCUT2D eigenvalue weighted by atomic mass is 79.9. The molecule has 150 valence electrons. The monoisotopic (exact) mass is 541 g/mol. The summed E-state index contributed by atoms with van der Waals surface area (Å²) in [5.41, 5.74) is 5.85. The van der Waals surface area contributed by atoms with Crippen molar-refractivity contribution in [2.75, 3.05) is 5.32 Å². The molecule has 0 saturated carbocycles. The second kappa shape index (κ2) is 7.26. The summed E-state index contributed by atoms with van der Waals surface area (Å²) in [7, 11) is 0. The molecule has 0 bridgehead atoms. The van der Waals surface area contributed by atoms with Crippen LogP contribution in [0.5, 0.6) is 0 Å². The lowest BCUT2D eigenvalue weighted by atomic mass is 10.0. The smallest absolute Gasteiger partial charge is 0.145 e. The molecule has 1 N–H and O–H groups in total. The fourth-order valence-corrected chi connectivity index (χ4v) is 4.72. The maximum absolute atomic E-state index is 6.35. The summed E-state index contributed by atoms with van der Waals surface area (Å²) in [5.74, 6) is 0.909. The molecule has 0 atom stereocenters. The highest BCUT2D eigenvalue weighted by Gasteiger charge is 2.35. The van der Waals surface area contributed by atoms with E-state index in [0.29, 0.717) is 5.02 Å². The Balaban J connectivity index is 1.87. The molecule has 1 aromatic heterocycles. The molecule has 1 aliphatic heterocycles. The average molecular weight is 544 g/mol. The third kappa shape index (κ3) is 3.29. The van der Waals surface area contributed by atoms with E-state index >= 15 is 0 Å². The Hall–Kier alpha value is -2.08. The maximum Gasteiger partial charge on any atom is 0.145 e. The number of imidazole rings is 1. The molecule has 0 aliphatic carbocycles. The first-order chi connectivity index (χ1) is 14.3. The Kier molecular flexibility index (Phi) is 4.80. The van der Waals surface area contributed by atoms with Crippen molar-refractivity contribution in [3.63, 3.8) is 0 Å². The quantitative estimate of drug-likeness (QED) is 0.276. The highest BCUT2D eigenvalue weighted by Crippen LogP contribution is 2.46. The minimum absolute atomic E-state index is 0.376. The first kappa shape index (κ1) is 19.9. The van der Waals surface area contributed by atoms with Gasteiger partial charge in [-0.2, -0.15) is 0 Å². The van der Waals surface area contributed by atoms with Crippen LogP contribution in [0.1, 0.15) is 13.8 Å². The number of anilines is 1. The van der Waals surface area contributed by atoms with E-state index < -0.39 is 0 Å². The lowest BCUT2D eigenvalue weighted by Crippen LogP contribution is -2.39. The van der Waals surface area contributed by atoms with Gasteiger partial charge in [-0.15, -0.1) is 0 Å². The first-order valence-electron chi connectivity index (χ1n) is 9.57. The van der Waals surface area contributed by atoms with Crippen molar-refractivity contribution in [1.82, 2.24) is 9.55 Å². The number of fused-ring (bicyclic) bond motifs is 3. The van der Waals surface area contributed by atoms with Crippen LogP contribution in [0.3, 0.4) is 0 Å². The molecule has 0 fully saturated rings. The molecule has 2 heterocycles. The number of halogens is 3. The Labute approximate surface area is 197 Å². The second-order valence-corrected chi connectivity index (χ2v) is 10.1. The Morgan fingerprint density at radius 2 is 1.47 bits per heavy atom. The lowest BCUT2D eigenvalue weighted by Gasteiger charge is -2.37. The van der Waals surface area contributed by atoms with E-state index in [1.54, 1.807) is 0 Å². The molecular weight excluding hydrogens is 526 g/mol. The number of nitrogens with one attached hydrogen (secondary N) is 1. The second-order valence-electron chi connectivity index (χ2n) is 7.86. The molecule has 0 saturated heterocycles. The normalized spacial score (nSPS) is 14.0. The standard InChI is InChI=1S/C24H18Br2ClN3/c1-24(2)29-20-12-11-18(27)13-19(20)23-28-21(14-3-7-16(25)8-4-14)22(30(23)24)15-5-9-17(26)10-6-15/h3-13,29H,1-2H3. The zero-order valence-electron chi connectivity index (χ0n) is 16.4. The van der Waals surface area contributed by atoms with Crippen LogP contribution in [0.2, 0.25) is 5.02 Å². The number of rotatable bonds is 2. The molecule has 30 heavy (non-hydrogen) atoms. The SMILES string of the molecule is CC1(C)Nc2ccc(Cl)cc2-c2nc(-c3ccc(Br)cc3)c(-c3ccc(Br)cc3)n21. The molecule has 1 aliphatic rings. The first-order valence-corrected chi connectivity index (χ1v) is 11.5.